The van der Waals surface area contributed by atoms with E-state index >= 15 is 0 Å². The molecule has 21 heavy (non-hydrogen) atoms. The summed E-state index contributed by atoms with van der Waals surface area (Å²) >= 11 is 0. The van der Waals surface area contributed by atoms with E-state index in [1.807, 2.05) is 26.0 Å². The van der Waals surface area contributed by atoms with E-state index < -0.39 is 0 Å². The summed E-state index contributed by atoms with van der Waals surface area (Å²) < 4.78 is 5.68. The average molecular weight is 286 g/mol. The van der Waals surface area contributed by atoms with Crippen LogP contribution in [0.5, 0.6) is 5.75 Å². The molecule has 2 heteroatoms. The second-order valence-electron chi connectivity index (χ2n) is 4.69. The summed E-state index contributed by atoms with van der Waals surface area (Å²) in [4.78, 5) is 0. The van der Waals surface area contributed by atoms with E-state index in [9.17, 15) is 5.11 Å². The highest BCUT2D eigenvalue weighted by Crippen LogP contribution is 2.26. The number of rotatable bonds is 4. The van der Waals surface area contributed by atoms with Crippen molar-refractivity contribution in [3.05, 3.63) is 59.4 Å². The molecular weight excluding hydrogens is 260 g/mol. The van der Waals surface area contributed by atoms with E-state index in [0.717, 1.165) is 41.9 Å². The molecule has 0 bridgehead atoms. The van der Waals surface area contributed by atoms with Crippen LogP contribution in [0, 0.1) is 6.92 Å². The first-order chi connectivity index (χ1) is 10.2. The van der Waals surface area contributed by atoms with Crippen LogP contribution in [0.1, 0.15) is 44.7 Å². The Kier molecular flexibility index (Phi) is 7.38. The van der Waals surface area contributed by atoms with Gasteiger partial charge in [-0.3, -0.25) is 0 Å². The van der Waals surface area contributed by atoms with E-state index in [1.54, 1.807) is 12.2 Å². The van der Waals surface area contributed by atoms with Crippen LogP contribution < -0.4 is 4.74 Å². The first kappa shape index (κ1) is 17.1. The molecule has 0 aliphatic heterocycles. The fourth-order valence-electron chi connectivity index (χ4n) is 2.03. The average Bonchev–Trinajstić information content (AvgIpc) is 2.73. The van der Waals surface area contributed by atoms with Crippen molar-refractivity contribution >= 4 is 5.57 Å². The number of benzene rings is 1. The number of ether oxygens (including phenoxy) is 1. The molecule has 0 saturated carbocycles. The summed E-state index contributed by atoms with van der Waals surface area (Å²) in [6.07, 6.45) is 9.35. The summed E-state index contributed by atoms with van der Waals surface area (Å²) in [5, 5.41) is 9.47. The van der Waals surface area contributed by atoms with Gasteiger partial charge in [-0.15, -0.1) is 0 Å². The highest BCUT2D eigenvalue weighted by molar-refractivity contribution is 5.76. The molecule has 1 aromatic carbocycles. The van der Waals surface area contributed by atoms with E-state index in [4.69, 9.17) is 4.74 Å². The Balaban J connectivity index is 0.00000106. The Morgan fingerprint density at radius 1 is 1.14 bits per heavy atom. The van der Waals surface area contributed by atoms with Gasteiger partial charge in [0.2, 0.25) is 0 Å². The lowest BCUT2D eigenvalue weighted by molar-refractivity contribution is 0.315. The molecule has 1 aromatic rings. The lowest BCUT2D eigenvalue weighted by Crippen LogP contribution is -1.97. The van der Waals surface area contributed by atoms with Gasteiger partial charge in [-0.2, -0.15) is 0 Å². The Bertz CT molecular complexity index is 536. The summed E-state index contributed by atoms with van der Waals surface area (Å²) in [6.45, 7) is 8.91. The van der Waals surface area contributed by atoms with Crippen molar-refractivity contribution < 1.29 is 9.84 Å². The third kappa shape index (κ3) is 5.14. The topological polar surface area (TPSA) is 29.5 Å². The van der Waals surface area contributed by atoms with Crippen molar-refractivity contribution in [2.75, 3.05) is 6.61 Å². The fourth-order valence-corrected chi connectivity index (χ4v) is 2.03. The molecule has 2 rings (SSSR count). The molecule has 0 spiro atoms. The van der Waals surface area contributed by atoms with Crippen LogP contribution in [0.15, 0.2) is 48.3 Å². The zero-order chi connectivity index (χ0) is 15.7. The Hall–Kier alpha value is -1.96. The summed E-state index contributed by atoms with van der Waals surface area (Å²) in [6, 6.07) is 6.22. The van der Waals surface area contributed by atoms with Gasteiger partial charge in [0.1, 0.15) is 11.5 Å². The van der Waals surface area contributed by atoms with Crippen LogP contribution >= 0.6 is 0 Å². The minimum absolute atomic E-state index is 0.325. The largest absolute Gasteiger partial charge is 0.508 e. The Morgan fingerprint density at radius 2 is 1.90 bits per heavy atom. The predicted molar refractivity (Wildman–Crippen MR) is 90.8 cm³/mol. The molecule has 2 nitrogen and oxygen atoms in total. The van der Waals surface area contributed by atoms with Crippen molar-refractivity contribution in [3.8, 4) is 5.75 Å². The zero-order valence-corrected chi connectivity index (χ0v) is 13.5. The lowest BCUT2D eigenvalue weighted by atomic mass is 10.0. The molecule has 0 aromatic heterocycles. The van der Waals surface area contributed by atoms with Gasteiger partial charge in [-0.25, -0.2) is 0 Å². The van der Waals surface area contributed by atoms with Gasteiger partial charge in [-0.05, 0) is 60.8 Å². The number of allylic oxidation sites excluding steroid dienone is 5. The maximum atomic E-state index is 9.47. The highest BCUT2D eigenvalue weighted by atomic mass is 16.5. The highest BCUT2D eigenvalue weighted by Gasteiger charge is 2.05. The van der Waals surface area contributed by atoms with Gasteiger partial charge in [0.15, 0.2) is 0 Å². The Labute approximate surface area is 128 Å². The first-order valence-corrected chi connectivity index (χ1v) is 7.72. The smallest absolute Gasteiger partial charge is 0.122 e. The van der Waals surface area contributed by atoms with Gasteiger partial charge in [0, 0.05) is 0 Å². The second kappa shape index (κ2) is 9.06. The third-order valence-corrected chi connectivity index (χ3v) is 3.07. The maximum absolute atomic E-state index is 9.47. The molecule has 1 aliphatic carbocycles. The van der Waals surface area contributed by atoms with Crippen LogP contribution in [0.3, 0.4) is 0 Å². The minimum atomic E-state index is 0.325. The van der Waals surface area contributed by atoms with Crippen LogP contribution in [0.2, 0.25) is 0 Å². The van der Waals surface area contributed by atoms with Gasteiger partial charge in [0.25, 0.3) is 0 Å². The summed E-state index contributed by atoms with van der Waals surface area (Å²) in [5.74, 6) is 1.27. The first-order valence-electron chi connectivity index (χ1n) is 7.72. The molecule has 114 valence electrons. The van der Waals surface area contributed by atoms with E-state index in [-0.39, 0.29) is 0 Å². The summed E-state index contributed by atoms with van der Waals surface area (Å²) in [5.41, 5.74) is 3.42. The molecule has 0 saturated heterocycles. The molecule has 0 amide bonds. The number of aryl methyl sites for hydroxylation is 1. The third-order valence-electron chi connectivity index (χ3n) is 3.07. The van der Waals surface area contributed by atoms with E-state index in [0.29, 0.717) is 5.76 Å². The van der Waals surface area contributed by atoms with Gasteiger partial charge >= 0.3 is 0 Å². The van der Waals surface area contributed by atoms with Crippen LogP contribution in [0.4, 0.5) is 0 Å². The summed E-state index contributed by atoms with van der Waals surface area (Å²) in [7, 11) is 0. The number of aliphatic hydroxyl groups is 1. The SMILES string of the molecule is CC.CCCOc1ccc(C2=CCC=C(O)C=C2)cc1C. The van der Waals surface area contributed by atoms with Gasteiger partial charge < -0.3 is 9.84 Å². The quantitative estimate of drug-likeness (QED) is 0.781. The van der Waals surface area contributed by atoms with Crippen molar-refractivity contribution in [1.82, 2.24) is 0 Å². The molecule has 1 aliphatic rings. The van der Waals surface area contributed by atoms with E-state index in [2.05, 4.69) is 32.1 Å². The normalized spacial score (nSPS) is 13.5. The lowest BCUT2D eigenvalue weighted by Gasteiger charge is -2.10. The molecule has 0 fully saturated rings. The molecule has 0 radical (unpaired) electrons. The Morgan fingerprint density at radius 3 is 2.57 bits per heavy atom. The van der Waals surface area contributed by atoms with E-state index in [1.165, 1.54) is 0 Å². The standard InChI is InChI=1S/C17H20O2.C2H6/c1-3-11-19-17-10-8-15(12-13(17)2)14-5-4-6-16(18)9-7-14;1-2/h5-10,12,18H,3-4,11H2,1-2H3;1-2H3. The number of hydrogen-bond donors (Lipinski definition) is 1. The molecule has 1 N–H and O–H groups in total. The monoisotopic (exact) mass is 286 g/mol. The van der Waals surface area contributed by atoms with Crippen LogP contribution in [0.25, 0.3) is 5.57 Å². The molecular formula is C19H26O2. The van der Waals surface area contributed by atoms with Crippen molar-refractivity contribution in [2.45, 2.75) is 40.5 Å². The minimum Gasteiger partial charge on any atom is -0.508 e. The van der Waals surface area contributed by atoms with Crippen molar-refractivity contribution in [2.24, 2.45) is 0 Å². The van der Waals surface area contributed by atoms with Crippen molar-refractivity contribution in [3.63, 3.8) is 0 Å². The van der Waals surface area contributed by atoms with Gasteiger partial charge in [0.05, 0.1) is 6.61 Å². The molecule has 0 unspecified atom stereocenters. The zero-order valence-electron chi connectivity index (χ0n) is 13.5. The fraction of sp³-hybridized carbons (Fsp3) is 0.368. The maximum Gasteiger partial charge on any atom is 0.122 e. The van der Waals surface area contributed by atoms with Crippen LogP contribution in [-0.4, -0.2) is 11.7 Å². The molecule has 0 atom stereocenters. The predicted octanol–water partition coefficient (Wildman–Crippen LogP) is 5.60. The second-order valence-corrected chi connectivity index (χ2v) is 4.69. The number of aliphatic hydroxyl groups excluding tert-OH is 1. The number of hydrogen-bond acceptors (Lipinski definition) is 2. The van der Waals surface area contributed by atoms with Gasteiger partial charge in [-0.1, -0.05) is 39.0 Å². The van der Waals surface area contributed by atoms with Crippen molar-refractivity contribution in [1.29, 1.82) is 0 Å². The van der Waals surface area contributed by atoms with Crippen LogP contribution in [-0.2, 0) is 0 Å². The molecule has 0 heterocycles.